The van der Waals surface area contributed by atoms with Gasteiger partial charge >= 0.3 is 0 Å². The molecular weight excluding hydrogens is 488 g/mol. The third kappa shape index (κ3) is 6.51. The molecular formula is C30H37F2N3O3. The predicted octanol–water partition coefficient (Wildman–Crippen LogP) is 5.19. The predicted molar refractivity (Wildman–Crippen MR) is 142 cm³/mol. The second-order valence-electron chi connectivity index (χ2n) is 10.6. The van der Waals surface area contributed by atoms with Crippen LogP contribution < -0.4 is 4.74 Å². The number of halogens is 2. The molecule has 2 heterocycles. The Balaban J connectivity index is 1.36. The van der Waals surface area contributed by atoms with Crippen LogP contribution >= 0.6 is 0 Å². The van der Waals surface area contributed by atoms with E-state index in [4.69, 9.17) is 4.74 Å². The Kier molecular flexibility index (Phi) is 9.01. The van der Waals surface area contributed by atoms with Gasteiger partial charge in [-0.2, -0.15) is 5.26 Å². The number of carbonyl (C=O) groups excluding carboxylic acids is 1. The number of hydrogen-bond acceptors (Lipinski definition) is 5. The molecule has 2 aliphatic rings. The number of β-amino-alcohol motifs (C(OH)–C–C–N with tert-alkyl or cyclic N) is 1. The van der Waals surface area contributed by atoms with Gasteiger partial charge in [-0.3, -0.25) is 4.79 Å². The third-order valence-electron chi connectivity index (χ3n) is 8.03. The number of ether oxygens (including phenoxy) is 1. The number of piperidine rings is 1. The summed E-state index contributed by atoms with van der Waals surface area (Å²) in [4.78, 5) is 16.3. The Bertz CT molecular complexity index is 1170. The number of amides is 1. The second kappa shape index (κ2) is 12.2. The SMILES string of the molecule is CCC(F)(CC)CN1CCC(COc2ccc(-c3ccc(C(=O)N4CC[C@H](O)C4)cc3F)cc2C#N)CC1. The standard InChI is InChI=1S/C30H37F2N3O3/c1-3-30(32,4-2)20-34-12-9-21(10-13-34)19-38-28-8-6-22(15-24(28)17-33)26-7-5-23(16-27(26)31)29(37)35-14-11-25(36)18-35/h5-8,15-16,21,25,36H,3-4,9-14,18-20H2,1-2H3/t25-/m0/s1. The number of benzene rings is 2. The van der Waals surface area contributed by atoms with Gasteiger partial charge in [0.1, 0.15) is 23.3 Å². The van der Waals surface area contributed by atoms with Crippen molar-refractivity contribution in [1.82, 2.24) is 9.80 Å². The monoisotopic (exact) mass is 525 g/mol. The molecule has 2 aliphatic heterocycles. The van der Waals surface area contributed by atoms with Crippen LogP contribution in [0.5, 0.6) is 5.75 Å². The van der Waals surface area contributed by atoms with Gasteiger partial charge in [-0.25, -0.2) is 8.78 Å². The number of rotatable bonds is 9. The molecule has 204 valence electrons. The van der Waals surface area contributed by atoms with Crippen LogP contribution in [0, 0.1) is 23.1 Å². The molecule has 2 aromatic rings. The van der Waals surface area contributed by atoms with E-state index in [1.807, 2.05) is 13.8 Å². The van der Waals surface area contributed by atoms with E-state index in [-0.39, 0.29) is 18.0 Å². The number of nitrogens with zero attached hydrogens (tertiary/aromatic N) is 3. The van der Waals surface area contributed by atoms with Crippen molar-refractivity contribution in [1.29, 1.82) is 5.26 Å². The topological polar surface area (TPSA) is 76.8 Å². The largest absolute Gasteiger partial charge is 0.492 e. The van der Waals surface area contributed by atoms with Gasteiger partial charge < -0.3 is 19.6 Å². The van der Waals surface area contributed by atoms with Crippen LogP contribution in [-0.4, -0.2) is 71.9 Å². The molecule has 8 heteroatoms. The lowest BCUT2D eigenvalue weighted by atomic mass is 9.94. The Morgan fingerprint density at radius 1 is 1.13 bits per heavy atom. The molecule has 0 aromatic heterocycles. The van der Waals surface area contributed by atoms with Gasteiger partial charge in [0.05, 0.1) is 18.3 Å². The summed E-state index contributed by atoms with van der Waals surface area (Å²) in [6, 6.07) is 11.5. The zero-order valence-electron chi connectivity index (χ0n) is 22.3. The number of alkyl halides is 1. The first-order valence-electron chi connectivity index (χ1n) is 13.6. The van der Waals surface area contributed by atoms with Crippen molar-refractivity contribution in [2.75, 3.05) is 39.3 Å². The molecule has 38 heavy (non-hydrogen) atoms. The number of aliphatic hydroxyl groups excluding tert-OH is 1. The van der Waals surface area contributed by atoms with Gasteiger partial charge in [-0.15, -0.1) is 0 Å². The minimum atomic E-state index is -1.13. The van der Waals surface area contributed by atoms with Crippen molar-refractivity contribution in [2.45, 2.75) is 57.7 Å². The van der Waals surface area contributed by atoms with E-state index < -0.39 is 17.6 Å². The summed E-state index contributed by atoms with van der Waals surface area (Å²) in [6.07, 6.45) is 2.86. The lowest BCUT2D eigenvalue weighted by Crippen LogP contribution is -2.44. The number of nitriles is 1. The molecule has 0 radical (unpaired) electrons. The van der Waals surface area contributed by atoms with E-state index in [9.17, 15) is 19.6 Å². The lowest BCUT2D eigenvalue weighted by molar-refractivity contribution is 0.0568. The molecule has 1 atom stereocenters. The summed E-state index contributed by atoms with van der Waals surface area (Å²) in [5.41, 5.74) is 0.241. The summed E-state index contributed by atoms with van der Waals surface area (Å²) in [6.45, 7) is 7.11. The Morgan fingerprint density at radius 3 is 2.47 bits per heavy atom. The first-order valence-corrected chi connectivity index (χ1v) is 13.6. The van der Waals surface area contributed by atoms with E-state index in [0.29, 0.717) is 67.3 Å². The Labute approximate surface area is 223 Å². The van der Waals surface area contributed by atoms with Crippen LogP contribution in [0.2, 0.25) is 0 Å². The zero-order chi connectivity index (χ0) is 27.3. The molecule has 0 saturated carbocycles. The van der Waals surface area contributed by atoms with E-state index in [2.05, 4.69) is 11.0 Å². The maximum absolute atomic E-state index is 15.0. The van der Waals surface area contributed by atoms with Crippen molar-refractivity contribution in [3.8, 4) is 22.9 Å². The average Bonchev–Trinajstić information content (AvgIpc) is 3.38. The molecule has 2 saturated heterocycles. The number of aliphatic hydroxyl groups is 1. The summed E-state index contributed by atoms with van der Waals surface area (Å²) in [5, 5.41) is 19.4. The van der Waals surface area contributed by atoms with Crippen LogP contribution in [0.15, 0.2) is 36.4 Å². The summed E-state index contributed by atoms with van der Waals surface area (Å²) >= 11 is 0. The minimum Gasteiger partial charge on any atom is -0.492 e. The molecule has 2 aromatic carbocycles. The fourth-order valence-electron chi connectivity index (χ4n) is 5.30. The van der Waals surface area contributed by atoms with Crippen LogP contribution in [0.1, 0.15) is 61.9 Å². The normalized spacial score (nSPS) is 18.9. The van der Waals surface area contributed by atoms with Crippen molar-refractivity contribution in [3.63, 3.8) is 0 Å². The number of carbonyl (C=O) groups is 1. The summed E-state index contributed by atoms with van der Waals surface area (Å²) < 4.78 is 35.8. The molecule has 0 bridgehead atoms. The highest BCUT2D eigenvalue weighted by atomic mass is 19.1. The van der Waals surface area contributed by atoms with Crippen molar-refractivity contribution in [3.05, 3.63) is 53.3 Å². The molecule has 1 amide bonds. The maximum Gasteiger partial charge on any atom is 0.254 e. The van der Waals surface area contributed by atoms with E-state index >= 15 is 4.39 Å². The highest BCUT2D eigenvalue weighted by Crippen LogP contribution is 2.31. The molecule has 0 aliphatic carbocycles. The fourth-order valence-corrected chi connectivity index (χ4v) is 5.30. The fraction of sp³-hybridized carbons (Fsp3) is 0.533. The van der Waals surface area contributed by atoms with Crippen LogP contribution in [0.25, 0.3) is 11.1 Å². The quantitative estimate of drug-likeness (QED) is 0.488. The number of likely N-dealkylation sites (tertiary alicyclic amines) is 2. The lowest BCUT2D eigenvalue weighted by Gasteiger charge is -2.36. The van der Waals surface area contributed by atoms with Gasteiger partial charge in [0.25, 0.3) is 5.91 Å². The second-order valence-corrected chi connectivity index (χ2v) is 10.6. The van der Waals surface area contributed by atoms with Gasteiger partial charge in [0.15, 0.2) is 0 Å². The highest BCUT2D eigenvalue weighted by molar-refractivity contribution is 5.95. The highest BCUT2D eigenvalue weighted by Gasteiger charge is 2.30. The number of hydrogen-bond donors (Lipinski definition) is 1. The first kappa shape index (κ1) is 28.0. The van der Waals surface area contributed by atoms with Crippen LogP contribution in [0.4, 0.5) is 8.78 Å². The van der Waals surface area contributed by atoms with Gasteiger partial charge in [-0.05, 0) is 80.9 Å². The van der Waals surface area contributed by atoms with E-state index in [1.54, 1.807) is 30.3 Å². The first-order chi connectivity index (χ1) is 18.2. The van der Waals surface area contributed by atoms with Crippen molar-refractivity contribution < 1.29 is 23.4 Å². The molecule has 0 spiro atoms. The molecule has 0 unspecified atom stereocenters. The maximum atomic E-state index is 15.0. The molecule has 2 fully saturated rings. The summed E-state index contributed by atoms with van der Waals surface area (Å²) in [7, 11) is 0. The van der Waals surface area contributed by atoms with E-state index in [1.165, 1.54) is 11.0 Å². The Morgan fingerprint density at radius 2 is 1.87 bits per heavy atom. The van der Waals surface area contributed by atoms with E-state index in [0.717, 1.165) is 25.9 Å². The minimum absolute atomic E-state index is 0.230. The smallest absolute Gasteiger partial charge is 0.254 e. The van der Waals surface area contributed by atoms with Crippen molar-refractivity contribution >= 4 is 5.91 Å². The van der Waals surface area contributed by atoms with Crippen molar-refractivity contribution in [2.24, 2.45) is 5.92 Å². The van der Waals surface area contributed by atoms with Crippen LogP contribution in [-0.2, 0) is 0 Å². The average molecular weight is 526 g/mol. The molecule has 4 rings (SSSR count). The molecule has 6 nitrogen and oxygen atoms in total. The zero-order valence-corrected chi connectivity index (χ0v) is 22.3. The summed E-state index contributed by atoms with van der Waals surface area (Å²) in [5.74, 6) is -0.0744. The van der Waals surface area contributed by atoms with Gasteiger partial charge in [0.2, 0.25) is 0 Å². The third-order valence-corrected chi connectivity index (χ3v) is 8.03. The van der Waals surface area contributed by atoms with Crippen LogP contribution in [0.3, 0.4) is 0 Å². The van der Waals surface area contributed by atoms with Gasteiger partial charge in [0, 0.05) is 30.8 Å². The molecule has 1 N–H and O–H groups in total. The Hall–Kier alpha value is -3.02. The van der Waals surface area contributed by atoms with Gasteiger partial charge in [-0.1, -0.05) is 26.0 Å².